The topological polar surface area (TPSA) is 9.23 Å². The Labute approximate surface area is 130 Å². The fourth-order valence-electron chi connectivity index (χ4n) is 2.34. The molecule has 0 heterocycles. The number of hydrogen-bond donors (Lipinski definition) is 0. The first-order valence-electron chi connectivity index (χ1n) is 7.03. The number of ether oxygens (including phenoxy) is 1. The number of unbranched alkanes of at least 4 members (excludes halogenated alkanes) is 1. The average Bonchev–Trinajstić information content (AvgIpc) is 2.41. The molecule has 2 unspecified atom stereocenters. The molecule has 1 aromatic carbocycles. The number of aryl methyl sites for hydroxylation is 1. The quantitative estimate of drug-likeness (QED) is 0.529. The molecule has 0 amide bonds. The van der Waals surface area contributed by atoms with Crippen LogP contribution in [0.15, 0.2) is 16.6 Å². The third-order valence-electron chi connectivity index (χ3n) is 3.67. The fraction of sp³-hybridized carbons (Fsp3) is 0.625. The van der Waals surface area contributed by atoms with E-state index in [1.165, 1.54) is 24.8 Å². The monoisotopic (exact) mass is 346 g/mol. The van der Waals surface area contributed by atoms with Crippen molar-refractivity contribution in [1.29, 1.82) is 0 Å². The van der Waals surface area contributed by atoms with Crippen molar-refractivity contribution in [1.82, 2.24) is 0 Å². The lowest BCUT2D eigenvalue weighted by Gasteiger charge is -2.23. The Morgan fingerprint density at radius 3 is 2.53 bits per heavy atom. The van der Waals surface area contributed by atoms with Crippen molar-refractivity contribution in [2.45, 2.75) is 51.8 Å². The second-order valence-electron chi connectivity index (χ2n) is 5.06. The summed E-state index contributed by atoms with van der Waals surface area (Å²) < 4.78 is 6.59. The molecule has 0 aliphatic carbocycles. The van der Waals surface area contributed by atoms with Gasteiger partial charge in [-0.05, 0) is 37.0 Å². The predicted octanol–water partition coefficient (Wildman–Crippen LogP) is 6.26. The first-order valence-corrected chi connectivity index (χ1v) is 8.26. The normalized spacial score (nSPS) is 14.2. The van der Waals surface area contributed by atoms with Crippen LogP contribution in [0.1, 0.15) is 56.0 Å². The maximum atomic E-state index is 6.72. The minimum absolute atomic E-state index is 0.0170. The van der Waals surface area contributed by atoms with Gasteiger partial charge >= 0.3 is 0 Å². The number of halogens is 2. The number of benzene rings is 1. The highest BCUT2D eigenvalue weighted by Gasteiger charge is 2.23. The summed E-state index contributed by atoms with van der Waals surface area (Å²) in [5.74, 6) is 1.40. The molecule has 1 nitrogen and oxygen atoms in total. The van der Waals surface area contributed by atoms with Gasteiger partial charge in [0.05, 0.1) is 12.5 Å². The van der Waals surface area contributed by atoms with Crippen molar-refractivity contribution in [3.05, 3.63) is 27.7 Å². The average molecular weight is 348 g/mol. The Morgan fingerprint density at radius 2 is 2.00 bits per heavy atom. The van der Waals surface area contributed by atoms with Crippen LogP contribution in [0.3, 0.4) is 0 Å². The number of hydrogen-bond acceptors (Lipinski definition) is 1. The Bertz CT molecular complexity index is 406. The summed E-state index contributed by atoms with van der Waals surface area (Å²) >= 11 is 10.3. The first-order chi connectivity index (χ1) is 9.04. The number of rotatable bonds is 7. The summed E-state index contributed by atoms with van der Waals surface area (Å²) in [6.45, 7) is 6.50. The Hall–Kier alpha value is -0.210. The van der Waals surface area contributed by atoms with Crippen LogP contribution in [0.5, 0.6) is 5.75 Å². The lowest BCUT2D eigenvalue weighted by molar-refractivity contribution is 0.391. The Morgan fingerprint density at radius 1 is 1.32 bits per heavy atom. The number of methoxy groups -OCH3 is 1. The molecule has 0 fully saturated rings. The smallest absolute Gasteiger partial charge is 0.123 e. The molecule has 0 spiro atoms. The van der Waals surface area contributed by atoms with E-state index >= 15 is 0 Å². The van der Waals surface area contributed by atoms with E-state index in [2.05, 4.69) is 48.8 Å². The van der Waals surface area contributed by atoms with Crippen molar-refractivity contribution < 1.29 is 4.74 Å². The molecule has 19 heavy (non-hydrogen) atoms. The van der Waals surface area contributed by atoms with Gasteiger partial charge in [0, 0.05) is 10.0 Å². The van der Waals surface area contributed by atoms with E-state index in [1.807, 2.05) is 0 Å². The summed E-state index contributed by atoms with van der Waals surface area (Å²) in [4.78, 5) is 0. The molecule has 108 valence electrons. The van der Waals surface area contributed by atoms with E-state index in [1.54, 1.807) is 7.11 Å². The molecule has 0 aliphatic heterocycles. The van der Waals surface area contributed by atoms with Crippen molar-refractivity contribution in [3.63, 3.8) is 0 Å². The molecule has 2 atom stereocenters. The SMILES string of the molecule is CCCCC(CC)C(Cl)c1cc(Br)c(C)cc1OC. The van der Waals surface area contributed by atoms with Gasteiger partial charge in [0.15, 0.2) is 0 Å². The highest BCUT2D eigenvalue weighted by Crippen LogP contribution is 2.41. The standard InChI is InChI=1S/C16H24BrClO/c1-5-7-8-12(6-2)16(18)13-10-14(17)11(3)9-15(13)19-4/h9-10,12,16H,5-8H2,1-4H3. The van der Waals surface area contributed by atoms with Gasteiger partial charge in [0.25, 0.3) is 0 Å². The van der Waals surface area contributed by atoms with E-state index < -0.39 is 0 Å². The van der Waals surface area contributed by atoms with E-state index in [-0.39, 0.29) is 5.38 Å². The zero-order valence-corrected chi connectivity index (χ0v) is 14.6. The van der Waals surface area contributed by atoms with Gasteiger partial charge in [-0.3, -0.25) is 0 Å². The fourth-order valence-corrected chi connectivity index (χ4v) is 3.18. The zero-order valence-electron chi connectivity index (χ0n) is 12.3. The molecule has 0 N–H and O–H groups in total. The van der Waals surface area contributed by atoms with Gasteiger partial charge in [-0.1, -0.05) is 49.0 Å². The summed E-state index contributed by atoms with van der Waals surface area (Å²) in [7, 11) is 1.71. The molecular weight excluding hydrogens is 324 g/mol. The molecule has 3 heteroatoms. The molecule has 1 aromatic rings. The molecule has 0 bridgehead atoms. The van der Waals surface area contributed by atoms with Crippen LogP contribution in [0.25, 0.3) is 0 Å². The lowest BCUT2D eigenvalue weighted by atomic mass is 9.90. The van der Waals surface area contributed by atoms with Crippen LogP contribution in [0.2, 0.25) is 0 Å². The van der Waals surface area contributed by atoms with Crippen LogP contribution in [-0.2, 0) is 0 Å². The first kappa shape index (κ1) is 16.8. The van der Waals surface area contributed by atoms with Crippen molar-refractivity contribution >= 4 is 27.5 Å². The minimum Gasteiger partial charge on any atom is -0.496 e. The van der Waals surface area contributed by atoms with E-state index in [0.29, 0.717) is 5.92 Å². The third kappa shape index (κ3) is 4.39. The maximum absolute atomic E-state index is 6.72. The van der Waals surface area contributed by atoms with Crippen LogP contribution in [0, 0.1) is 12.8 Å². The van der Waals surface area contributed by atoms with Gasteiger partial charge < -0.3 is 4.74 Å². The summed E-state index contributed by atoms with van der Waals surface area (Å²) in [5.41, 5.74) is 2.27. The van der Waals surface area contributed by atoms with Gasteiger partial charge in [-0.15, -0.1) is 11.6 Å². The lowest BCUT2D eigenvalue weighted by Crippen LogP contribution is -2.09. The minimum atomic E-state index is 0.0170. The summed E-state index contributed by atoms with van der Waals surface area (Å²) in [6, 6.07) is 4.17. The summed E-state index contributed by atoms with van der Waals surface area (Å²) in [5, 5.41) is 0.0170. The molecular formula is C16H24BrClO. The molecule has 0 aromatic heterocycles. The molecule has 0 aliphatic rings. The highest BCUT2D eigenvalue weighted by atomic mass is 79.9. The molecule has 0 saturated carbocycles. The van der Waals surface area contributed by atoms with E-state index in [9.17, 15) is 0 Å². The van der Waals surface area contributed by atoms with Crippen molar-refractivity contribution in [2.24, 2.45) is 5.92 Å². The van der Waals surface area contributed by atoms with Gasteiger partial charge in [-0.2, -0.15) is 0 Å². The Kier molecular flexibility index (Phi) is 7.23. The van der Waals surface area contributed by atoms with Crippen LogP contribution >= 0.6 is 27.5 Å². The van der Waals surface area contributed by atoms with Gasteiger partial charge in [0.1, 0.15) is 5.75 Å². The maximum Gasteiger partial charge on any atom is 0.123 e. The second-order valence-corrected chi connectivity index (χ2v) is 6.38. The zero-order chi connectivity index (χ0) is 14.4. The van der Waals surface area contributed by atoms with Gasteiger partial charge in [0.2, 0.25) is 0 Å². The third-order valence-corrected chi connectivity index (χ3v) is 5.12. The van der Waals surface area contributed by atoms with Crippen molar-refractivity contribution in [2.75, 3.05) is 7.11 Å². The molecule has 1 rings (SSSR count). The van der Waals surface area contributed by atoms with E-state index in [4.69, 9.17) is 16.3 Å². The number of alkyl halides is 1. The Balaban J connectivity index is 3.02. The van der Waals surface area contributed by atoms with Crippen LogP contribution in [0.4, 0.5) is 0 Å². The van der Waals surface area contributed by atoms with Crippen LogP contribution in [-0.4, -0.2) is 7.11 Å². The molecule has 0 radical (unpaired) electrons. The second kappa shape index (κ2) is 8.16. The molecule has 0 saturated heterocycles. The van der Waals surface area contributed by atoms with Crippen LogP contribution < -0.4 is 4.74 Å². The van der Waals surface area contributed by atoms with Gasteiger partial charge in [-0.25, -0.2) is 0 Å². The summed E-state index contributed by atoms with van der Waals surface area (Å²) in [6.07, 6.45) is 4.73. The van der Waals surface area contributed by atoms with E-state index in [0.717, 1.165) is 22.2 Å². The predicted molar refractivity (Wildman–Crippen MR) is 87.3 cm³/mol. The van der Waals surface area contributed by atoms with Crippen molar-refractivity contribution in [3.8, 4) is 5.75 Å². The largest absolute Gasteiger partial charge is 0.496 e. The highest BCUT2D eigenvalue weighted by molar-refractivity contribution is 9.10.